The monoisotopic (exact) mass is 311 g/mol. The molecule has 108 valence electrons. The number of aryl methyl sites for hydroxylation is 1. The van der Waals surface area contributed by atoms with Gasteiger partial charge in [0, 0.05) is 23.9 Å². The number of thiophene rings is 1. The molecular weight excluding hydrogens is 294 g/mol. The minimum Gasteiger partial charge on any atom is -0.393 e. The molecule has 20 heavy (non-hydrogen) atoms. The maximum Gasteiger partial charge on any atom is 0.323 e. The number of hydrogen-bond donors (Lipinski definition) is 2. The molecule has 3 heterocycles. The van der Waals surface area contributed by atoms with E-state index < -0.39 is 0 Å². The molecule has 0 bridgehead atoms. The van der Waals surface area contributed by atoms with Crippen LogP contribution in [0.15, 0.2) is 6.07 Å². The molecule has 3 rings (SSSR count). The number of likely N-dealkylation sites (tertiary alicyclic amines) is 1. The Bertz CT molecular complexity index is 603. The first-order valence-corrected chi connectivity index (χ1v) is 8.27. The number of nitrogens with one attached hydrogen (secondary N) is 1. The summed E-state index contributed by atoms with van der Waals surface area (Å²) in [5.41, 5.74) is 0. The number of hydrogen-bond acceptors (Lipinski definition) is 5. The van der Waals surface area contributed by atoms with Gasteiger partial charge in [0.25, 0.3) is 0 Å². The van der Waals surface area contributed by atoms with Gasteiger partial charge < -0.3 is 10.0 Å². The van der Waals surface area contributed by atoms with Crippen LogP contribution in [0.1, 0.15) is 18.2 Å². The summed E-state index contributed by atoms with van der Waals surface area (Å²) in [4.78, 5) is 20.5. The van der Waals surface area contributed by atoms with Crippen LogP contribution < -0.4 is 5.32 Å². The van der Waals surface area contributed by atoms with Crippen LogP contribution in [0, 0.1) is 12.8 Å². The predicted molar refractivity (Wildman–Crippen MR) is 82.6 cm³/mol. The van der Waals surface area contributed by atoms with Crippen molar-refractivity contribution in [3.63, 3.8) is 0 Å². The topological polar surface area (TPSA) is 65.5 Å². The fourth-order valence-corrected chi connectivity index (χ4v) is 4.45. The van der Waals surface area contributed by atoms with E-state index in [0.717, 1.165) is 16.0 Å². The number of aliphatic hydroxyl groups excluding tert-OH is 1. The van der Waals surface area contributed by atoms with E-state index in [1.54, 1.807) is 23.2 Å². The van der Waals surface area contributed by atoms with Gasteiger partial charge in [-0.15, -0.1) is 11.3 Å². The van der Waals surface area contributed by atoms with Crippen molar-refractivity contribution < 1.29 is 9.90 Å². The third kappa shape index (κ3) is 2.65. The molecule has 1 fully saturated rings. The van der Waals surface area contributed by atoms with Crippen LogP contribution in [0.25, 0.3) is 9.53 Å². The number of anilines is 1. The standard InChI is InChI=1S/C13H17N3O2S2/c1-7-5-10-11(19-7)14-12(20-10)15-13(18)16-4-3-9(6-16)8(2)17/h5,8-9,17H,3-4,6H2,1-2H3,(H,14,15,18)/t8-,9+/m1/s1. The number of fused-ring (bicyclic) bond motifs is 1. The van der Waals surface area contributed by atoms with E-state index >= 15 is 0 Å². The lowest BCUT2D eigenvalue weighted by atomic mass is 10.0. The molecule has 1 aliphatic rings. The maximum atomic E-state index is 12.2. The molecule has 0 saturated carbocycles. The Balaban J connectivity index is 1.65. The fourth-order valence-electron chi connectivity index (χ4n) is 2.44. The summed E-state index contributed by atoms with van der Waals surface area (Å²) in [7, 11) is 0. The molecule has 0 aromatic carbocycles. The van der Waals surface area contributed by atoms with Crippen molar-refractivity contribution in [1.82, 2.24) is 9.88 Å². The number of thiazole rings is 1. The van der Waals surface area contributed by atoms with E-state index in [1.165, 1.54) is 16.2 Å². The van der Waals surface area contributed by atoms with Crippen LogP contribution >= 0.6 is 22.7 Å². The minimum atomic E-state index is -0.360. The van der Waals surface area contributed by atoms with Gasteiger partial charge in [-0.2, -0.15) is 0 Å². The molecule has 2 atom stereocenters. The molecular formula is C13H17N3O2S2. The van der Waals surface area contributed by atoms with Crippen molar-refractivity contribution in [3.8, 4) is 0 Å². The summed E-state index contributed by atoms with van der Waals surface area (Å²) in [5, 5.41) is 13.1. The van der Waals surface area contributed by atoms with Crippen molar-refractivity contribution in [2.75, 3.05) is 18.4 Å². The van der Waals surface area contributed by atoms with Crippen LogP contribution in [0.4, 0.5) is 9.93 Å². The number of aliphatic hydroxyl groups is 1. The third-order valence-electron chi connectivity index (χ3n) is 3.62. The summed E-state index contributed by atoms with van der Waals surface area (Å²) in [6, 6.07) is 1.97. The first-order valence-electron chi connectivity index (χ1n) is 6.64. The molecule has 2 amide bonds. The van der Waals surface area contributed by atoms with Crippen molar-refractivity contribution >= 4 is 43.4 Å². The lowest BCUT2D eigenvalue weighted by Gasteiger charge is -2.17. The summed E-state index contributed by atoms with van der Waals surface area (Å²) >= 11 is 3.14. The molecule has 2 aromatic rings. The minimum absolute atomic E-state index is 0.119. The lowest BCUT2D eigenvalue weighted by Crippen LogP contribution is -2.34. The van der Waals surface area contributed by atoms with E-state index in [2.05, 4.69) is 23.3 Å². The number of amides is 2. The van der Waals surface area contributed by atoms with Gasteiger partial charge in [0.15, 0.2) is 5.13 Å². The zero-order valence-electron chi connectivity index (χ0n) is 11.4. The molecule has 7 heteroatoms. The Morgan fingerprint density at radius 3 is 3.05 bits per heavy atom. The van der Waals surface area contributed by atoms with Gasteiger partial charge in [-0.3, -0.25) is 5.32 Å². The molecule has 5 nitrogen and oxygen atoms in total. The van der Waals surface area contributed by atoms with Crippen molar-refractivity contribution in [1.29, 1.82) is 0 Å². The maximum absolute atomic E-state index is 12.2. The smallest absolute Gasteiger partial charge is 0.323 e. The van der Waals surface area contributed by atoms with Gasteiger partial charge in [0.2, 0.25) is 0 Å². The second-order valence-electron chi connectivity index (χ2n) is 5.21. The van der Waals surface area contributed by atoms with Gasteiger partial charge in [-0.05, 0) is 26.3 Å². The van der Waals surface area contributed by atoms with Gasteiger partial charge >= 0.3 is 6.03 Å². The Morgan fingerprint density at radius 1 is 1.60 bits per heavy atom. The second kappa shape index (κ2) is 5.31. The molecule has 2 N–H and O–H groups in total. The zero-order valence-corrected chi connectivity index (χ0v) is 13.1. The van der Waals surface area contributed by atoms with Crippen LogP contribution in [-0.2, 0) is 0 Å². The zero-order chi connectivity index (χ0) is 14.3. The van der Waals surface area contributed by atoms with E-state index in [4.69, 9.17) is 0 Å². The van der Waals surface area contributed by atoms with E-state index in [9.17, 15) is 9.90 Å². The van der Waals surface area contributed by atoms with Crippen LogP contribution in [0.3, 0.4) is 0 Å². The number of nitrogens with zero attached hydrogens (tertiary/aromatic N) is 2. The second-order valence-corrected chi connectivity index (χ2v) is 7.48. The first kappa shape index (κ1) is 13.8. The molecule has 2 aromatic heterocycles. The normalized spacial score (nSPS) is 20.6. The number of urea groups is 1. The number of aromatic nitrogens is 1. The Kier molecular flexibility index (Phi) is 3.66. The van der Waals surface area contributed by atoms with E-state index in [0.29, 0.717) is 18.2 Å². The summed E-state index contributed by atoms with van der Waals surface area (Å²) in [6.07, 6.45) is 0.498. The SMILES string of the molecule is Cc1cc2sc(NC(=O)N3CC[C@H]([C@@H](C)O)C3)nc2s1. The fraction of sp³-hybridized carbons (Fsp3) is 0.538. The van der Waals surface area contributed by atoms with Crippen molar-refractivity contribution in [2.45, 2.75) is 26.4 Å². The molecule has 1 saturated heterocycles. The van der Waals surface area contributed by atoms with Crippen LogP contribution in [0.2, 0.25) is 0 Å². The van der Waals surface area contributed by atoms with Crippen molar-refractivity contribution in [3.05, 3.63) is 10.9 Å². The van der Waals surface area contributed by atoms with E-state index in [1.807, 2.05) is 0 Å². The largest absolute Gasteiger partial charge is 0.393 e. The average molecular weight is 311 g/mol. The molecule has 1 aliphatic heterocycles. The first-order chi connectivity index (χ1) is 9.52. The molecule has 0 aliphatic carbocycles. The van der Waals surface area contributed by atoms with Crippen LogP contribution in [-0.4, -0.2) is 40.2 Å². The average Bonchev–Trinajstić information content (AvgIpc) is 3.02. The summed E-state index contributed by atoms with van der Waals surface area (Å²) in [6.45, 7) is 5.14. The molecule has 0 radical (unpaired) electrons. The van der Waals surface area contributed by atoms with E-state index in [-0.39, 0.29) is 18.1 Å². The van der Waals surface area contributed by atoms with Gasteiger partial charge in [0.05, 0.1) is 10.8 Å². The molecule has 0 unspecified atom stereocenters. The summed E-state index contributed by atoms with van der Waals surface area (Å²) in [5.74, 6) is 0.184. The summed E-state index contributed by atoms with van der Waals surface area (Å²) < 4.78 is 1.12. The Morgan fingerprint density at radius 2 is 2.40 bits per heavy atom. The van der Waals surface area contributed by atoms with Gasteiger partial charge in [0.1, 0.15) is 4.83 Å². The predicted octanol–water partition coefficient (Wildman–Crippen LogP) is 2.90. The lowest BCUT2D eigenvalue weighted by molar-refractivity contribution is 0.130. The Labute approximate surface area is 125 Å². The number of carbonyl (C=O) groups excluding carboxylic acids is 1. The number of carbonyl (C=O) groups is 1. The van der Waals surface area contributed by atoms with Gasteiger partial charge in [-0.1, -0.05) is 11.3 Å². The van der Waals surface area contributed by atoms with Crippen molar-refractivity contribution in [2.24, 2.45) is 5.92 Å². The highest BCUT2D eigenvalue weighted by Crippen LogP contribution is 2.32. The quantitative estimate of drug-likeness (QED) is 0.896. The third-order valence-corrected chi connectivity index (χ3v) is 5.61. The van der Waals surface area contributed by atoms with Crippen LogP contribution in [0.5, 0.6) is 0 Å². The number of rotatable bonds is 2. The Hall–Kier alpha value is -1.18. The molecule has 0 spiro atoms. The highest BCUT2D eigenvalue weighted by atomic mass is 32.1. The van der Waals surface area contributed by atoms with Gasteiger partial charge in [-0.25, -0.2) is 9.78 Å². The highest BCUT2D eigenvalue weighted by Gasteiger charge is 2.29. The highest BCUT2D eigenvalue weighted by molar-refractivity contribution is 7.29.